The molecule has 0 unspecified atom stereocenters. The monoisotopic (exact) mass is 295 g/mol. The molecule has 116 valence electrons. The molecule has 1 amide bonds. The number of nitrogens with zero attached hydrogens (tertiary/aromatic N) is 3. The molecule has 0 spiro atoms. The van der Waals surface area contributed by atoms with Crippen molar-refractivity contribution in [2.75, 3.05) is 19.7 Å². The molecule has 1 aromatic heterocycles. The number of hydrogen-bond donors (Lipinski definition) is 1. The average molecular weight is 295 g/mol. The number of piperidine rings is 1. The van der Waals surface area contributed by atoms with Crippen LogP contribution in [-0.4, -0.2) is 45.1 Å². The highest BCUT2D eigenvalue weighted by molar-refractivity contribution is 5.93. The molecule has 0 aliphatic carbocycles. The minimum absolute atomic E-state index is 0.0207. The maximum absolute atomic E-state index is 12.6. The third-order valence-electron chi connectivity index (χ3n) is 3.98. The highest BCUT2D eigenvalue weighted by Gasteiger charge is 2.27. The number of amides is 1. The molecule has 0 bridgehead atoms. The van der Waals surface area contributed by atoms with Gasteiger partial charge in [0.05, 0.1) is 11.1 Å². The second-order valence-electron chi connectivity index (χ2n) is 5.76. The summed E-state index contributed by atoms with van der Waals surface area (Å²) in [5.74, 6) is 0.0773. The lowest BCUT2D eigenvalue weighted by Crippen LogP contribution is -2.40. The molecule has 1 N–H and O–H groups in total. The van der Waals surface area contributed by atoms with E-state index in [0.717, 1.165) is 12.8 Å². The summed E-state index contributed by atoms with van der Waals surface area (Å²) in [6.45, 7) is 5.09. The zero-order valence-electron chi connectivity index (χ0n) is 12.4. The molecular weight excluding hydrogens is 274 g/mol. The van der Waals surface area contributed by atoms with Gasteiger partial charge in [0.2, 0.25) is 0 Å². The van der Waals surface area contributed by atoms with Crippen LogP contribution in [0.1, 0.15) is 43.2 Å². The average Bonchev–Trinajstić information content (AvgIpc) is 2.92. The number of likely N-dealkylation sites (tertiary alicyclic amines) is 1. The maximum atomic E-state index is 12.6. The standard InChI is InChI=1S/C14H21N3O4/c1-10(2)16-8-12(17(20)21)7-13(16)14(19)15-5-3-11(9-18)4-6-15/h7-8,10-11,18H,3-6,9H2,1-2H3. The predicted octanol–water partition coefficient (Wildman–Crippen LogP) is 1.82. The van der Waals surface area contributed by atoms with Gasteiger partial charge in [-0.2, -0.15) is 0 Å². The lowest BCUT2D eigenvalue weighted by Gasteiger charge is -2.31. The van der Waals surface area contributed by atoms with E-state index in [1.165, 1.54) is 12.3 Å². The molecule has 0 saturated carbocycles. The molecule has 1 saturated heterocycles. The number of carbonyl (C=O) groups excluding carboxylic acids is 1. The summed E-state index contributed by atoms with van der Waals surface area (Å²) in [4.78, 5) is 24.7. The van der Waals surface area contributed by atoms with Crippen molar-refractivity contribution < 1.29 is 14.8 Å². The quantitative estimate of drug-likeness (QED) is 0.678. The van der Waals surface area contributed by atoms with Gasteiger partial charge in [0.15, 0.2) is 0 Å². The van der Waals surface area contributed by atoms with Gasteiger partial charge in [-0.15, -0.1) is 0 Å². The van der Waals surface area contributed by atoms with Crippen molar-refractivity contribution in [2.24, 2.45) is 5.92 Å². The SMILES string of the molecule is CC(C)n1cc([N+](=O)[O-])cc1C(=O)N1CCC(CO)CC1. The van der Waals surface area contributed by atoms with Crippen LogP contribution in [-0.2, 0) is 0 Å². The van der Waals surface area contributed by atoms with Crippen molar-refractivity contribution in [2.45, 2.75) is 32.7 Å². The number of nitro groups is 1. The zero-order valence-corrected chi connectivity index (χ0v) is 12.4. The van der Waals surface area contributed by atoms with Crippen LogP contribution in [0.4, 0.5) is 5.69 Å². The van der Waals surface area contributed by atoms with Gasteiger partial charge in [0, 0.05) is 31.8 Å². The summed E-state index contributed by atoms with van der Waals surface area (Å²) in [6, 6.07) is 1.33. The van der Waals surface area contributed by atoms with Crippen molar-refractivity contribution in [3.63, 3.8) is 0 Å². The first-order chi connectivity index (χ1) is 9.93. The highest BCUT2D eigenvalue weighted by Crippen LogP contribution is 2.24. The minimum Gasteiger partial charge on any atom is -0.396 e. The molecule has 1 aliphatic rings. The van der Waals surface area contributed by atoms with Gasteiger partial charge >= 0.3 is 0 Å². The van der Waals surface area contributed by atoms with Gasteiger partial charge in [-0.05, 0) is 32.6 Å². The molecule has 0 radical (unpaired) electrons. The second kappa shape index (κ2) is 6.26. The van der Waals surface area contributed by atoms with Crippen LogP contribution in [0.3, 0.4) is 0 Å². The van der Waals surface area contributed by atoms with Crippen LogP contribution >= 0.6 is 0 Å². The first-order valence-electron chi connectivity index (χ1n) is 7.20. The summed E-state index contributed by atoms with van der Waals surface area (Å²) in [6.07, 6.45) is 2.96. The molecule has 1 aromatic rings. The fraction of sp³-hybridized carbons (Fsp3) is 0.643. The molecule has 21 heavy (non-hydrogen) atoms. The Morgan fingerprint density at radius 3 is 2.57 bits per heavy atom. The van der Waals surface area contributed by atoms with Crippen molar-refractivity contribution in [1.29, 1.82) is 0 Å². The van der Waals surface area contributed by atoms with Crippen LogP contribution in [0.5, 0.6) is 0 Å². The van der Waals surface area contributed by atoms with Gasteiger partial charge in [0.25, 0.3) is 11.6 Å². The lowest BCUT2D eigenvalue weighted by atomic mass is 9.98. The molecule has 1 fully saturated rings. The van der Waals surface area contributed by atoms with E-state index >= 15 is 0 Å². The minimum atomic E-state index is -0.479. The number of aromatic nitrogens is 1. The van der Waals surface area contributed by atoms with E-state index in [0.29, 0.717) is 18.8 Å². The maximum Gasteiger partial charge on any atom is 0.287 e. The number of aliphatic hydroxyl groups is 1. The molecule has 7 heteroatoms. The van der Waals surface area contributed by atoms with E-state index in [4.69, 9.17) is 5.11 Å². The van der Waals surface area contributed by atoms with Crippen molar-refractivity contribution in [1.82, 2.24) is 9.47 Å². The Hall–Kier alpha value is -1.89. The second-order valence-corrected chi connectivity index (χ2v) is 5.76. The van der Waals surface area contributed by atoms with E-state index in [2.05, 4.69) is 0 Å². The fourth-order valence-corrected chi connectivity index (χ4v) is 2.64. The predicted molar refractivity (Wildman–Crippen MR) is 77.2 cm³/mol. The summed E-state index contributed by atoms with van der Waals surface area (Å²) in [7, 11) is 0. The van der Waals surface area contributed by atoms with Crippen molar-refractivity contribution in [3.8, 4) is 0 Å². The van der Waals surface area contributed by atoms with Gasteiger partial charge in [-0.3, -0.25) is 14.9 Å². The number of rotatable bonds is 4. The Morgan fingerprint density at radius 2 is 2.10 bits per heavy atom. The topological polar surface area (TPSA) is 88.6 Å². The van der Waals surface area contributed by atoms with Crippen LogP contribution < -0.4 is 0 Å². The van der Waals surface area contributed by atoms with Gasteiger partial charge in [-0.1, -0.05) is 0 Å². The number of aliphatic hydroxyl groups excluding tert-OH is 1. The van der Waals surface area contributed by atoms with Crippen molar-refractivity contribution >= 4 is 11.6 Å². The largest absolute Gasteiger partial charge is 0.396 e. The summed E-state index contributed by atoms with van der Waals surface area (Å²) < 4.78 is 1.65. The van der Waals surface area contributed by atoms with Gasteiger partial charge < -0.3 is 14.6 Å². The van der Waals surface area contributed by atoms with Crippen LogP contribution in [0.25, 0.3) is 0 Å². The Balaban J connectivity index is 2.20. The van der Waals surface area contributed by atoms with E-state index < -0.39 is 4.92 Å². The van der Waals surface area contributed by atoms with Gasteiger partial charge in [-0.25, -0.2) is 0 Å². The first-order valence-corrected chi connectivity index (χ1v) is 7.20. The van der Waals surface area contributed by atoms with Crippen LogP contribution in [0.15, 0.2) is 12.3 Å². The number of hydrogen-bond acceptors (Lipinski definition) is 4. The van der Waals surface area contributed by atoms with E-state index in [1.54, 1.807) is 9.47 Å². The number of carbonyl (C=O) groups is 1. The van der Waals surface area contributed by atoms with Crippen LogP contribution in [0.2, 0.25) is 0 Å². The molecule has 2 heterocycles. The Labute approximate surface area is 123 Å². The van der Waals surface area contributed by atoms with Gasteiger partial charge in [0.1, 0.15) is 5.69 Å². The summed E-state index contributed by atoms with van der Waals surface area (Å²) >= 11 is 0. The molecule has 0 atom stereocenters. The first kappa shape index (κ1) is 15.5. The summed E-state index contributed by atoms with van der Waals surface area (Å²) in [5, 5.41) is 20.0. The molecule has 2 rings (SSSR count). The third-order valence-corrected chi connectivity index (χ3v) is 3.98. The fourth-order valence-electron chi connectivity index (χ4n) is 2.64. The van der Waals surface area contributed by atoms with Crippen LogP contribution in [0, 0.1) is 16.0 Å². The molecule has 7 nitrogen and oxygen atoms in total. The van der Waals surface area contributed by atoms with E-state index in [-0.39, 0.29) is 30.2 Å². The third kappa shape index (κ3) is 3.24. The van der Waals surface area contributed by atoms with E-state index in [1.807, 2.05) is 13.8 Å². The Bertz CT molecular complexity index is 530. The van der Waals surface area contributed by atoms with Crippen molar-refractivity contribution in [3.05, 3.63) is 28.1 Å². The Morgan fingerprint density at radius 1 is 1.48 bits per heavy atom. The summed E-state index contributed by atoms with van der Waals surface area (Å²) in [5.41, 5.74) is 0.302. The van der Waals surface area contributed by atoms with E-state index in [9.17, 15) is 14.9 Å². The molecular formula is C14H21N3O4. The zero-order chi connectivity index (χ0) is 15.6. The Kier molecular flexibility index (Phi) is 4.62. The molecule has 1 aliphatic heterocycles. The highest BCUT2D eigenvalue weighted by atomic mass is 16.6. The smallest absolute Gasteiger partial charge is 0.287 e. The normalized spacial score (nSPS) is 16.5. The molecule has 0 aromatic carbocycles. The lowest BCUT2D eigenvalue weighted by molar-refractivity contribution is -0.384.